The van der Waals surface area contributed by atoms with Crippen molar-refractivity contribution in [1.82, 2.24) is 0 Å². The zero-order chi connectivity index (χ0) is 38.2. The van der Waals surface area contributed by atoms with E-state index in [9.17, 15) is 0 Å². The molecule has 58 heavy (non-hydrogen) atoms. The van der Waals surface area contributed by atoms with Crippen LogP contribution in [0.4, 0.5) is 17.1 Å². The molecule has 0 bridgehead atoms. The maximum Gasteiger partial charge on any atom is 0.145 e. The van der Waals surface area contributed by atoms with Crippen molar-refractivity contribution in [3.8, 4) is 33.4 Å². The van der Waals surface area contributed by atoms with Crippen LogP contribution >= 0.6 is 22.7 Å². The Morgan fingerprint density at radius 1 is 0.362 bits per heavy atom. The lowest BCUT2D eigenvalue weighted by Gasteiger charge is -2.27. The SMILES string of the molecule is c1ccc(-c2ccc(N(c3ccc4sc5ccccc5c4c3)c3ccc4sc5c(-c6ccccc6)ccc(-c6ccccc6)c5c4c3)c3c2oc2ccccc23)cc1. The van der Waals surface area contributed by atoms with E-state index in [1.54, 1.807) is 0 Å². The molecular weight excluding hydrogens is 743 g/mol. The first-order valence-corrected chi connectivity index (χ1v) is 21.2. The highest BCUT2D eigenvalue weighted by Crippen LogP contribution is 2.50. The normalized spacial score (nSPS) is 11.8. The quantitative estimate of drug-likeness (QED) is 0.167. The van der Waals surface area contributed by atoms with Crippen LogP contribution < -0.4 is 4.90 Å². The number of rotatable bonds is 6. The van der Waals surface area contributed by atoms with E-state index < -0.39 is 0 Å². The predicted molar refractivity (Wildman–Crippen MR) is 250 cm³/mol. The van der Waals surface area contributed by atoms with Gasteiger partial charge in [0.2, 0.25) is 0 Å². The molecule has 9 aromatic carbocycles. The molecule has 3 heterocycles. The molecule has 0 fully saturated rings. The molecule has 0 amide bonds. The first kappa shape index (κ1) is 33.2. The highest BCUT2D eigenvalue weighted by Gasteiger charge is 2.24. The third kappa shape index (κ3) is 5.23. The van der Waals surface area contributed by atoms with Crippen LogP contribution in [0.15, 0.2) is 205 Å². The average molecular weight is 776 g/mol. The fourth-order valence-corrected chi connectivity index (χ4v) is 11.2. The Balaban J connectivity index is 1.17. The maximum absolute atomic E-state index is 6.83. The van der Waals surface area contributed by atoms with Gasteiger partial charge >= 0.3 is 0 Å². The Kier molecular flexibility index (Phi) is 7.62. The summed E-state index contributed by atoms with van der Waals surface area (Å²) in [5.74, 6) is 0. The summed E-state index contributed by atoms with van der Waals surface area (Å²) in [6.07, 6.45) is 0. The van der Waals surface area contributed by atoms with E-state index in [1.165, 1.54) is 62.6 Å². The fourth-order valence-electron chi connectivity index (χ4n) is 8.83. The monoisotopic (exact) mass is 775 g/mol. The minimum absolute atomic E-state index is 0.876. The molecule has 0 spiro atoms. The van der Waals surface area contributed by atoms with E-state index in [2.05, 4.69) is 205 Å². The molecular formula is C54H33NOS2. The summed E-state index contributed by atoms with van der Waals surface area (Å²) in [4.78, 5) is 2.46. The molecule has 12 rings (SSSR count). The largest absolute Gasteiger partial charge is 0.455 e. The van der Waals surface area contributed by atoms with Crippen LogP contribution in [0.5, 0.6) is 0 Å². The van der Waals surface area contributed by atoms with E-state index in [0.717, 1.165) is 50.1 Å². The van der Waals surface area contributed by atoms with E-state index in [4.69, 9.17) is 4.42 Å². The zero-order valence-corrected chi connectivity index (χ0v) is 32.9. The zero-order valence-electron chi connectivity index (χ0n) is 31.2. The lowest BCUT2D eigenvalue weighted by atomic mass is 9.94. The Morgan fingerprint density at radius 2 is 0.897 bits per heavy atom. The molecule has 0 N–H and O–H groups in total. The van der Waals surface area contributed by atoms with Crippen LogP contribution in [-0.2, 0) is 0 Å². The number of anilines is 3. The van der Waals surface area contributed by atoms with E-state index >= 15 is 0 Å². The molecule has 2 nitrogen and oxygen atoms in total. The Morgan fingerprint density at radius 3 is 1.62 bits per heavy atom. The summed E-state index contributed by atoms with van der Waals surface area (Å²) in [7, 11) is 0. The van der Waals surface area contributed by atoms with Crippen molar-refractivity contribution >= 4 is 102 Å². The molecule has 0 unspecified atom stereocenters. The van der Waals surface area contributed by atoms with Crippen molar-refractivity contribution in [2.24, 2.45) is 0 Å². The van der Waals surface area contributed by atoms with Gasteiger partial charge in [0.25, 0.3) is 0 Å². The smallest absolute Gasteiger partial charge is 0.145 e. The standard InChI is InChI=1S/C54H33NOS2/c1-4-14-34(15-5-1)39-26-27-41(36-18-8-3-9-19-36)54-51(39)45-33-38(25-31-50(45)58-54)55(37-24-30-49-44(32-37)42-20-11-13-23-48(42)57-49)46-29-28-40(35-16-6-2-7-17-35)53-52(46)43-21-10-12-22-47(43)56-53/h1-33H. The van der Waals surface area contributed by atoms with Gasteiger partial charge in [-0.3, -0.25) is 0 Å². The average Bonchev–Trinajstić information content (AvgIpc) is 3.99. The summed E-state index contributed by atoms with van der Waals surface area (Å²) in [5, 5.41) is 7.26. The first-order valence-electron chi connectivity index (χ1n) is 19.6. The van der Waals surface area contributed by atoms with Crippen LogP contribution in [-0.4, -0.2) is 0 Å². The van der Waals surface area contributed by atoms with Gasteiger partial charge in [-0.05, 0) is 88.5 Å². The van der Waals surface area contributed by atoms with Gasteiger partial charge in [0, 0.05) is 62.7 Å². The van der Waals surface area contributed by atoms with Crippen molar-refractivity contribution in [3.63, 3.8) is 0 Å². The lowest BCUT2D eigenvalue weighted by molar-refractivity contribution is 0.670. The minimum atomic E-state index is 0.876. The Bertz CT molecular complexity index is 3510. The molecule has 4 heteroatoms. The second-order valence-electron chi connectivity index (χ2n) is 14.8. The number of thiophene rings is 2. The van der Waals surface area contributed by atoms with Gasteiger partial charge in [0.05, 0.1) is 11.1 Å². The van der Waals surface area contributed by atoms with E-state index in [1.807, 2.05) is 22.7 Å². The summed E-state index contributed by atoms with van der Waals surface area (Å²) < 4.78 is 12.0. The van der Waals surface area contributed by atoms with E-state index in [0.29, 0.717) is 0 Å². The molecule has 0 atom stereocenters. The van der Waals surface area contributed by atoms with Crippen LogP contribution in [0.25, 0.3) is 95.7 Å². The molecule has 272 valence electrons. The third-order valence-corrected chi connectivity index (χ3v) is 13.8. The van der Waals surface area contributed by atoms with Gasteiger partial charge in [-0.25, -0.2) is 0 Å². The topological polar surface area (TPSA) is 16.4 Å². The van der Waals surface area contributed by atoms with Crippen LogP contribution in [0, 0.1) is 0 Å². The number of hydrogen-bond acceptors (Lipinski definition) is 4. The third-order valence-electron chi connectivity index (χ3n) is 11.5. The Labute approximate surface area is 343 Å². The molecule has 0 saturated heterocycles. The summed E-state index contributed by atoms with van der Waals surface area (Å²) in [6, 6.07) is 72.6. The van der Waals surface area contributed by atoms with Crippen molar-refractivity contribution in [1.29, 1.82) is 0 Å². The van der Waals surface area contributed by atoms with Crippen molar-refractivity contribution in [2.75, 3.05) is 4.90 Å². The number of furan rings is 1. The molecule has 0 aliphatic carbocycles. The number of fused-ring (bicyclic) bond motifs is 9. The second kappa shape index (κ2) is 13.3. The molecule has 0 aliphatic heterocycles. The molecule has 12 aromatic rings. The highest BCUT2D eigenvalue weighted by atomic mass is 32.1. The number of benzene rings is 9. The van der Waals surface area contributed by atoms with Gasteiger partial charge in [-0.15, -0.1) is 22.7 Å². The maximum atomic E-state index is 6.83. The van der Waals surface area contributed by atoms with E-state index in [-0.39, 0.29) is 0 Å². The molecule has 0 saturated carbocycles. The number of nitrogens with zero attached hydrogens (tertiary/aromatic N) is 1. The van der Waals surface area contributed by atoms with Crippen LogP contribution in [0.1, 0.15) is 0 Å². The minimum Gasteiger partial charge on any atom is -0.455 e. The summed E-state index contributed by atoms with van der Waals surface area (Å²) >= 11 is 3.73. The van der Waals surface area contributed by atoms with Crippen molar-refractivity contribution in [3.05, 3.63) is 200 Å². The van der Waals surface area contributed by atoms with Gasteiger partial charge < -0.3 is 9.32 Å². The molecule has 3 aromatic heterocycles. The highest BCUT2D eigenvalue weighted by molar-refractivity contribution is 7.26. The summed E-state index contributed by atoms with van der Waals surface area (Å²) in [6.45, 7) is 0. The number of hydrogen-bond donors (Lipinski definition) is 0. The van der Waals surface area contributed by atoms with Crippen LogP contribution in [0.3, 0.4) is 0 Å². The summed E-state index contributed by atoms with van der Waals surface area (Å²) in [5.41, 5.74) is 12.2. The van der Waals surface area contributed by atoms with Crippen LogP contribution in [0.2, 0.25) is 0 Å². The van der Waals surface area contributed by atoms with Crippen molar-refractivity contribution < 1.29 is 4.42 Å². The van der Waals surface area contributed by atoms with Crippen molar-refractivity contribution in [2.45, 2.75) is 0 Å². The second-order valence-corrected chi connectivity index (χ2v) is 16.9. The Hall–Kier alpha value is -6.98. The fraction of sp³-hybridized carbons (Fsp3) is 0. The van der Waals surface area contributed by atoms with Gasteiger partial charge in [0.15, 0.2) is 0 Å². The number of para-hydroxylation sites is 1. The predicted octanol–water partition coefficient (Wildman–Crippen LogP) is 16.8. The van der Waals surface area contributed by atoms with Gasteiger partial charge in [-0.1, -0.05) is 140 Å². The lowest BCUT2D eigenvalue weighted by Crippen LogP contribution is -2.10. The molecule has 0 radical (unpaired) electrons. The first-order chi connectivity index (χ1) is 28.8. The van der Waals surface area contributed by atoms with Gasteiger partial charge in [-0.2, -0.15) is 0 Å². The molecule has 0 aliphatic rings. The van der Waals surface area contributed by atoms with Gasteiger partial charge in [0.1, 0.15) is 11.2 Å².